The van der Waals surface area contributed by atoms with Crippen molar-refractivity contribution < 1.29 is 9.90 Å². The lowest BCUT2D eigenvalue weighted by Gasteiger charge is -2.42. The van der Waals surface area contributed by atoms with Crippen molar-refractivity contribution in [1.29, 1.82) is 0 Å². The number of rotatable bonds is 3. The molecule has 2 fully saturated rings. The van der Waals surface area contributed by atoms with Gasteiger partial charge in [-0.25, -0.2) is 0 Å². The Bertz CT molecular complexity index is 282. The zero-order valence-corrected chi connectivity index (χ0v) is 13.0. The highest BCUT2D eigenvalue weighted by atomic mass is 16.4. The van der Waals surface area contributed by atoms with Gasteiger partial charge in [-0.2, -0.15) is 0 Å². The monoisotopic (exact) mass is 280 g/mol. The molecule has 20 heavy (non-hydrogen) atoms. The Labute approximate surface area is 124 Å². The molecule has 1 N–H and O–H groups in total. The van der Waals surface area contributed by atoms with Gasteiger partial charge in [0.05, 0.1) is 6.42 Å². The lowest BCUT2D eigenvalue weighted by Crippen LogP contribution is -2.34. The number of carboxylic acid groups (broad SMARTS) is 1. The first-order valence-corrected chi connectivity index (χ1v) is 8.95. The lowest BCUT2D eigenvalue weighted by molar-refractivity contribution is -0.141. The highest BCUT2D eigenvalue weighted by Crippen LogP contribution is 2.48. The summed E-state index contributed by atoms with van der Waals surface area (Å²) in [6.07, 6.45) is 18.6. The van der Waals surface area contributed by atoms with Crippen molar-refractivity contribution in [2.75, 3.05) is 0 Å². The molecule has 0 atom stereocenters. The van der Waals surface area contributed by atoms with Crippen LogP contribution in [0, 0.1) is 11.3 Å². The van der Waals surface area contributed by atoms with Crippen LogP contribution in [0.15, 0.2) is 0 Å². The molecule has 0 saturated heterocycles. The normalized spacial score (nSPS) is 26.0. The summed E-state index contributed by atoms with van der Waals surface area (Å²) in [7, 11) is 0. The summed E-state index contributed by atoms with van der Waals surface area (Å²) >= 11 is 0. The third-order valence-electron chi connectivity index (χ3n) is 5.82. The topological polar surface area (TPSA) is 37.3 Å². The summed E-state index contributed by atoms with van der Waals surface area (Å²) in [5, 5.41) is 9.45. The second-order valence-corrected chi connectivity index (χ2v) is 7.24. The summed E-state index contributed by atoms with van der Waals surface area (Å²) < 4.78 is 0. The molecule has 2 nitrogen and oxygen atoms in total. The lowest BCUT2D eigenvalue weighted by atomic mass is 9.62. The minimum absolute atomic E-state index is 0.129. The maximum absolute atomic E-state index is 11.5. The van der Waals surface area contributed by atoms with Crippen LogP contribution in [-0.2, 0) is 4.79 Å². The summed E-state index contributed by atoms with van der Waals surface area (Å²) in [6.45, 7) is 0. The Balaban J connectivity index is 2.11. The van der Waals surface area contributed by atoms with E-state index in [0.717, 1.165) is 0 Å². The van der Waals surface area contributed by atoms with Crippen LogP contribution in [0.2, 0.25) is 0 Å². The Morgan fingerprint density at radius 2 is 1.25 bits per heavy atom. The SMILES string of the molecule is O=C(O)CC1(C2CCCCCCC2)CCCCCCC1. The number of carboxylic acids is 1. The van der Waals surface area contributed by atoms with E-state index in [9.17, 15) is 9.90 Å². The molecule has 0 bridgehead atoms. The summed E-state index contributed by atoms with van der Waals surface area (Å²) in [4.78, 5) is 11.5. The van der Waals surface area contributed by atoms with Gasteiger partial charge in [-0.05, 0) is 37.0 Å². The fraction of sp³-hybridized carbons (Fsp3) is 0.944. The fourth-order valence-electron chi connectivity index (χ4n) is 4.71. The molecular formula is C18H32O2. The predicted octanol–water partition coefficient (Wildman–Crippen LogP) is 5.55. The van der Waals surface area contributed by atoms with E-state index in [1.54, 1.807) is 0 Å². The Morgan fingerprint density at radius 1 is 0.800 bits per heavy atom. The van der Waals surface area contributed by atoms with Crippen LogP contribution in [0.25, 0.3) is 0 Å². The molecule has 2 rings (SSSR count). The van der Waals surface area contributed by atoms with Crippen LogP contribution >= 0.6 is 0 Å². The molecule has 116 valence electrons. The highest BCUT2D eigenvalue weighted by molar-refractivity contribution is 5.67. The van der Waals surface area contributed by atoms with E-state index in [2.05, 4.69) is 0 Å². The number of carbonyl (C=O) groups is 1. The van der Waals surface area contributed by atoms with Gasteiger partial charge in [0, 0.05) is 0 Å². The molecule has 0 aromatic carbocycles. The van der Waals surface area contributed by atoms with Crippen LogP contribution in [0.4, 0.5) is 0 Å². The summed E-state index contributed by atoms with van der Waals surface area (Å²) in [5.74, 6) is 0.115. The summed E-state index contributed by atoms with van der Waals surface area (Å²) in [6, 6.07) is 0. The first-order valence-electron chi connectivity index (χ1n) is 8.95. The van der Waals surface area contributed by atoms with Gasteiger partial charge in [0.2, 0.25) is 0 Å². The second kappa shape index (κ2) is 8.05. The van der Waals surface area contributed by atoms with Gasteiger partial charge in [0.1, 0.15) is 0 Å². The number of aliphatic carboxylic acids is 1. The van der Waals surface area contributed by atoms with Crippen LogP contribution in [-0.4, -0.2) is 11.1 Å². The zero-order chi connectivity index (χ0) is 14.3. The van der Waals surface area contributed by atoms with Crippen LogP contribution in [0.1, 0.15) is 96.3 Å². The van der Waals surface area contributed by atoms with Crippen molar-refractivity contribution in [2.45, 2.75) is 96.3 Å². The fourth-order valence-corrected chi connectivity index (χ4v) is 4.71. The molecular weight excluding hydrogens is 248 g/mol. The standard InChI is InChI=1S/C18H32O2/c19-17(20)15-18(13-9-5-2-6-10-14-18)16-11-7-3-1-4-8-12-16/h16H,1-15H2,(H,19,20). The molecule has 2 heteroatoms. The van der Waals surface area contributed by atoms with E-state index in [-0.39, 0.29) is 5.41 Å². The third kappa shape index (κ3) is 4.49. The van der Waals surface area contributed by atoms with Crippen molar-refractivity contribution in [3.8, 4) is 0 Å². The van der Waals surface area contributed by atoms with Gasteiger partial charge < -0.3 is 5.11 Å². The molecule has 0 aromatic rings. The van der Waals surface area contributed by atoms with Crippen molar-refractivity contribution >= 4 is 5.97 Å². The molecule has 0 spiro atoms. The quantitative estimate of drug-likeness (QED) is 0.735. The molecule has 0 heterocycles. The molecule has 2 aliphatic carbocycles. The summed E-state index contributed by atoms with van der Waals surface area (Å²) in [5.41, 5.74) is 0.129. The van der Waals surface area contributed by atoms with Gasteiger partial charge in [0.25, 0.3) is 0 Å². The van der Waals surface area contributed by atoms with Crippen molar-refractivity contribution in [1.82, 2.24) is 0 Å². The largest absolute Gasteiger partial charge is 0.481 e. The van der Waals surface area contributed by atoms with E-state index in [0.29, 0.717) is 12.3 Å². The van der Waals surface area contributed by atoms with Crippen LogP contribution in [0.3, 0.4) is 0 Å². The van der Waals surface area contributed by atoms with Crippen LogP contribution in [0.5, 0.6) is 0 Å². The molecule has 0 unspecified atom stereocenters. The van der Waals surface area contributed by atoms with E-state index >= 15 is 0 Å². The first kappa shape index (κ1) is 15.9. The van der Waals surface area contributed by atoms with E-state index in [1.165, 1.54) is 89.9 Å². The number of hydrogen-bond acceptors (Lipinski definition) is 1. The van der Waals surface area contributed by atoms with E-state index in [4.69, 9.17) is 0 Å². The minimum atomic E-state index is -0.562. The molecule has 2 saturated carbocycles. The Hall–Kier alpha value is -0.530. The van der Waals surface area contributed by atoms with Crippen molar-refractivity contribution in [3.63, 3.8) is 0 Å². The Morgan fingerprint density at radius 3 is 1.75 bits per heavy atom. The zero-order valence-electron chi connectivity index (χ0n) is 13.0. The first-order chi connectivity index (χ1) is 9.73. The highest BCUT2D eigenvalue weighted by Gasteiger charge is 2.39. The molecule has 0 amide bonds. The molecule has 0 radical (unpaired) electrons. The molecule has 0 aromatic heterocycles. The molecule has 0 aliphatic heterocycles. The Kier molecular flexibility index (Phi) is 6.38. The number of hydrogen-bond donors (Lipinski definition) is 1. The van der Waals surface area contributed by atoms with Gasteiger partial charge in [-0.1, -0.05) is 64.2 Å². The maximum atomic E-state index is 11.5. The van der Waals surface area contributed by atoms with Gasteiger partial charge in [0.15, 0.2) is 0 Å². The predicted molar refractivity (Wildman–Crippen MR) is 82.8 cm³/mol. The molecule has 2 aliphatic rings. The smallest absolute Gasteiger partial charge is 0.303 e. The maximum Gasteiger partial charge on any atom is 0.303 e. The van der Waals surface area contributed by atoms with E-state index in [1.807, 2.05) is 0 Å². The van der Waals surface area contributed by atoms with Gasteiger partial charge in [-0.15, -0.1) is 0 Å². The van der Waals surface area contributed by atoms with Crippen molar-refractivity contribution in [3.05, 3.63) is 0 Å². The minimum Gasteiger partial charge on any atom is -0.481 e. The van der Waals surface area contributed by atoms with Gasteiger partial charge >= 0.3 is 5.97 Å². The van der Waals surface area contributed by atoms with E-state index < -0.39 is 5.97 Å². The average molecular weight is 280 g/mol. The second-order valence-electron chi connectivity index (χ2n) is 7.24. The van der Waals surface area contributed by atoms with Crippen LogP contribution < -0.4 is 0 Å². The third-order valence-corrected chi connectivity index (χ3v) is 5.82. The van der Waals surface area contributed by atoms with Crippen molar-refractivity contribution in [2.24, 2.45) is 11.3 Å². The average Bonchev–Trinajstić information content (AvgIpc) is 2.32. The van der Waals surface area contributed by atoms with Gasteiger partial charge in [-0.3, -0.25) is 4.79 Å².